The van der Waals surface area contributed by atoms with Crippen LogP contribution in [-0.4, -0.2) is 18.2 Å². The summed E-state index contributed by atoms with van der Waals surface area (Å²) >= 11 is 5.45. The summed E-state index contributed by atoms with van der Waals surface area (Å²) in [6.07, 6.45) is -0.678. The second-order valence-electron chi connectivity index (χ2n) is 5.28. The third-order valence-corrected chi connectivity index (χ3v) is 2.59. The lowest BCUT2D eigenvalue weighted by Gasteiger charge is -2.21. The van der Waals surface area contributed by atoms with E-state index in [0.717, 1.165) is 12.1 Å². The number of rotatable bonds is 3. The molecule has 7 heteroatoms. The molecule has 0 aliphatic heterocycles. The van der Waals surface area contributed by atoms with Crippen LogP contribution in [0, 0.1) is 11.6 Å². The minimum absolute atomic E-state index is 0.0667. The molecule has 0 spiro atoms. The lowest BCUT2D eigenvalue weighted by Crippen LogP contribution is -2.36. The molecule has 1 amide bonds. The number of benzene rings is 1. The molecule has 4 nitrogen and oxygen atoms in total. The van der Waals surface area contributed by atoms with Gasteiger partial charge in [-0.3, -0.25) is 0 Å². The van der Waals surface area contributed by atoms with Crippen LogP contribution in [0.2, 0.25) is 5.02 Å². The van der Waals surface area contributed by atoms with E-state index in [2.05, 4.69) is 5.32 Å². The average Bonchev–Trinajstić information content (AvgIpc) is 2.28. The van der Waals surface area contributed by atoms with Gasteiger partial charge in [0.1, 0.15) is 17.2 Å². The van der Waals surface area contributed by atoms with Crippen LogP contribution in [0.4, 0.5) is 13.6 Å². The maximum atomic E-state index is 13.6. The van der Waals surface area contributed by atoms with E-state index in [1.54, 1.807) is 20.8 Å². The standard InChI is InChI=1S/C13H17ClF2N2O2/c1-13(2,3)20-12(19)18-6-11(17)7-4-10(16)8(14)5-9(7)15/h4-5,11H,6,17H2,1-3H3,(H,18,19). The molecule has 20 heavy (non-hydrogen) atoms. The highest BCUT2D eigenvalue weighted by molar-refractivity contribution is 6.30. The molecule has 0 aliphatic rings. The zero-order chi connectivity index (χ0) is 15.5. The Morgan fingerprint density at radius 2 is 2.00 bits per heavy atom. The Bertz CT molecular complexity index is 504. The van der Waals surface area contributed by atoms with Gasteiger partial charge in [-0.05, 0) is 32.9 Å². The van der Waals surface area contributed by atoms with Gasteiger partial charge in [0.05, 0.1) is 11.1 Å². The van der Waals surface area contributed by atoms with Crippen LogP contribution in [0.3, 0.4) is 0 Å². The summed E-state index contributed by atoms with van der Waals surface area (Å²) in [5.74, 6) is -1.49. The highest BCUT2D eigenvalue weighted by Gasteiger charge is 2.19. The van der Waals surface area contributed by atoms with Crippen molar-refractivity contribution in [1.29, 1.82) is 0 Å². The van der Waals surface area contributed by atoms with Gasteiger partial charge in [0, 0.05) is 12.1 Å². The van der Waals surface area contributed by atoms with Crippen molar-refractivity contribution in [3.8, 4) is 0 Å². The first-order chi connectivity index (χ1) is 9.10. The molecule has 0 saturated heterocycles. The second kappa shape index (κ2) is 6.37. The van der Waals surface area contributed by atoms with Crippen LogP contribution in [-0.2, 0) is 4.74 Å². The minimum atomic E-state index is -0.908. The normalized spacial score (nSPS) is 12.9. The van der Waals surface area contributed by atoms with E-state index in [4.69, 9.17) is 22.1 Å². The van der Waals surface area contributed by atoms with Gasteiger partial charge in [-0.1, -0.05) is 11.6 Å². The Kier molecular flexibility index (Phi) is 5.30. The lowest BCUT2D eigenvalue weighted by atomic mass is 10.1. The zero-order valence-electron chi connectivity index (χ0n) is 11.5. The number of nitrogens with two attached hydrogens (primary N) is 1. The van der Waals surface area contributed by atoms with Gasteiger partial charge < -0.3 is 15.8 Å². The van der Waals surface area contributed by atoms with Crippen molar-refractivity contribution in [2.45, 2.75) is 32.4 Å². The minimum Gasteiger partial charge on any atom is -0.444 e. The van der Waals surface area contributed by atoms with Gasteiger partial charge in [-0.2, -0.15) is 0 Å². The summed E-state index contributed by atoms with van der Waals surface area (Å²) in [7, 11) is 0. The Hall–Kier alpha value is -1.40. The van der Waals surface area contributed by atoms with Gasteiger partial charge in [0.15, 0.2) is 0 Å². The van der Waals surface area contributed by atoms with Crippen LogP contribution < -0.4 is 11.1 Å². The predicted molar refractivity (Wildman–Crippen MR) is 72.5 cm³/mol. The number of alkyl carbamates (subject to hydrolysis) is 1. The fraction of sp³-hybridized carbons (Fsp3) is 0.462. The molecule has 112 valence electrons. The van der Waals surface area contributed by atoms with Gasteiger partial charge in [0.25, 0.3) is 0 Å². The molecule has 0 aliphatic carbocycles. The number of ether oxygens (including phenoxy) is 1. The Morgan fingerprint density at radius 1 is 1.40 bits per heavy atom. The SMILES string of the molecule is CC(C)(C)OC(=O)NCC(N)c1cc(F)c(Cl)cc1F. The topological polar surface area (TPSA) is 64.3 Å². The predicted octanol–water partition coefficient (Wildman–Crippen LogP) is 3.14. The summed E-state index contributed by atoms with van der Waals surface area (Å²) in [6, 6.07) is 0.854. The third kappa shape index (κ3) is 4.94. The lowest BCUT2D eigenvalue weighted by molar-refractivity contribution is 0.0524. The van der Waals surface area contributed by atoms with Crippen molar-refractivity contribution in [3.05, 3.63) is 34.4 Å². The Labute approximate surface area is 121 Å². The number of hydrogen-bond donors (Lipinski definition) is 2. The average molecular weight is 307 g/mol. The molecule has 3 N–H and O–H groups in total. The first-order valence-corrected chi connectivity index (χ1v) is 6.35. The highest BCUT2D eigenvalue weighted by atomic mass is 35.5. The summed E-state index contributed by atoms with van der Waals surface area (Å²) in [5, 5.41) is 2.07. The first kappa shape index (κ1) is 16.7. The van der Waals surface area contributed by atoms with Crippen molar-refractivity contribution in [2.24, 2.45) is 5.73 Å². The molecule has 1 aromatic carbocycles. The van der Waals surface area contributed by atoms with Crippen LogP contribution in [0.1, 0.15) is 32.4 Å². The number of halogens is 3. The van der Waals surface area contributed by atoms with Crippen molar-refractivity contribution >= 4 is 17.7 Å². The highest BCUT2D eigenvalue weighted by Crippen LogP contribution is 2.22. The smallest absolute Gasteiger partial charge is 0.407 e. The molecule has 0 bridgehead atoms. The molecule has 1 aromatic rings. The largest absolute Gasteiger partial charge is 0.444 e. The van der Waals surface area contributed by atoms with E-state index >= 15 is 0 Å². The summed E-state index contributed by atoms with van der Waals surface area (Å²) in [5.41, 5.74) is 4.99. The molecule has 0 aromatic heterocycles. The molecular formula is C13H17ClF2N2O2. The van der Waals surface area contributed by atoms with E-state index in [1.165, 1.54) is 0 Å². The second-order valence-corrected chi connectivity index (χ2v) is 5.68. The monoisotopic (exact) mass is 306 g/mol. The number of nitrogens with one attached hydrogen (secondary N) is 1. The molecule has 0 saturated carbocycles. The van der Waals surface area contributed by atoms with Gasteiger partial charge in [-0.25, -0.2) is 13.6 Å². The van der Waals surface area contributed by atoms with Gasteiger partial charge in [-0.15, -0.1) is 0 Å². The molecule has 0 fully saturated rings. The molecule has 1 unspecified atom stereocenters. The van der Waals surface area contributed by atoms with Crippen LogP contribution in [0.15, 0.2) is 12.1 Å². The molecule has 0 radical (unpaired) electrons. The summed E-state index contributed by atoms with van der Waals surface area (Å²) in [6.45, 7) is 5.04. The van der Waals surface area contributed by atoms with E-state index in [0.29, 0.717) is 0 Å². The van der Waals surface area contributed by atoms with Gasteiger partial charge in [0.2, 0.25) is 0 Å². The number of hydrogen-bond acceptors (Lipinski definition) is 3. The van der Waals surface area contributed by atoms with Crippen LogP contribution >= 0.6 is 11.6 Å². The number of carbonyl (C=O) groups is 1. The molecule has 1 atom stereocenters. The fourth-order valence-corrected chi connectivity index (χ4v) is 1.59. The Morgan fingerprint density at radius 3 is 2.55 bits per heavy atom. The first-order valence-electron chi connectivity index (χ1n) is 5.97. The fourth-order valence-electron chi connectivity index (χ4n) is 1.44. The molecular weight excluding hydrogens is 290 g/mol. The quantitative estimate of drug-likeness (QED) is 0.843. The number of amides is 1. The van der Waals surface area contributed by atoms with Crippen molar-refractivity contribution < 1.29 is 18.3 Å². The molecule has 0 heterocycles. The molecule has 1 rings (SSSR count). The van der Waals surface area contributed by atoms with Crippen molar-refractivity contribution in [1.82, 2.24) is 5.32 Å². The maximum absolute atomic E-state index is 13.6. The van der Waals surface area contributed by atoms with Gasteiger partial charge >= 0.3 is 6.09 Å². The number of carbonyl (C=O) groups excluding carboxylic acids is 1. The maximum Gasteiger partial charge on any atom is 0.407 e. The van der Waals surface area contributed by atoms with Crippen LogP contribution in [0.25, 0.3) is 0 Å². The van der Waals surface area contributed by atoms with E-state index < -0.39 is 29.4 Å². The Balaban J connectivity index is 2.66. The zero-order valence-corrected chi connectivity index (χ0v) is 12.2. The summed E-state index contributed by atoms with van der Waals surface area (Å²) in [4.78, 5) is 11.4. The third-order valence-electron chi connectivity index (χ3n) is 2.30. The summed E-state index contributed by atoms with van der Waals surface area (Å²) < 4.78 is 31.9. The van der Waals surface area contributed by atoms with E-state index in [9.17, 15) is 13.6 Å². The van der Waals surface area contributed by atoms with E-state index in [-0.39, 0.29) is 17.1 Å². The van der Waals surface area contributed by atoms with Crippen LogP contribution in [0.5, 0.6) is 0 Å². The van der Waals surface area contributed by atoms with Crippen molar-refractivity contribution in [3.63, 3.8) is 0 Å². The van der Waals surface area contributed by atoms with E-state index in [1.807, 2.05) is 0 Å². The van der Waals surface area contributed by atoms with Crippen molar-refractivity contribution in [2.75, 3.05) is 6.54 Å².